The Morgan fingerprint density at radius 2 is 1.07 bits per heavy atom. The molecule has 0 fully saturated rings. The van der Waals surface area contributed by atoms with Gasteiger partial charge in [0, 0.05) is 20.0 Å². The summed E-state index contributed by atoms with van der Waals surface area (Å²) in [6.07, 6.45) is 21.3. The first-order chi connectivity index (χ1) is 13.4. The summed E-state index contributed by atoms with van der Waals surface area (Å²) in [5.41, 5.74) is 0. The van der Waals surface area contributed by atoms with E-state index in [0.29, 0.717) is 6.42 Å². The molecule has 0 aliphatic heterocycles. The van der Waals surface area contributed by atoms with Gasteiger partial charge in [0.1, 0.15) is 0 Å². The Hall–Kier alpha value is -0.620. The van der Waals surface area contributed by atoms with Crippen LogP contribution < -0.4 is 0 Å². The number of carbonyl (C=O) groups is 1. The van der Waals surface area contributed by atoms with Gasteiger partial charge in [0.2, 0.25) is 5.91 Å². The second-order valence-electron chi connectivity index (χ2n) is 8.15. The van der Waals surface area contributed by atoms with E-state index in [0.717, 1.165) is 12.8 Å². The molecule has 0 aromatic carbocycles. The lowest BCUT2D eigenvalue weighted by atomic mass is 10.0. The van der Waals surface area contributed by atoms with Crippen LogP contribution in [0.25, 0.3) is 0 Å². The largest absolute Gasteiger partial charge is 0.345 e. The molecule has 0 saturated carbocycles. The summed E-state index contributed by atoms with van der Waals surface area (Å²) in [4.78, 5) is 13.2. The van der Waals surface area contributed by atoms with E-state index in [1.54, 1.807) is 7.05 Å². The van der Waals surface area contributed by atoms with Gasteiger partial charge in [0.15, 0.2) is 0 Å². The van der Waals surface area contributed by atoms with Gasteiger partial charge >= 0.3 is 0 Å². The standard InChI is InChI=1S/C22H45NO4S/c1-3-4-5-6-7-8-9-10-11-12-13-14-15-16-17-18-19-22(24)23(2)20-21-28(25,26)27/h3-21H2,1-2H3,(H,25,26,27). The van der Waals surface area contributed by atoms with Crippen molar-refractivity contribution in [2.24, 2.45) is 0 Å². The molecule has 0 radical (unpaired) electrons. The third-order valence-corrected chi connectivity index (χ3v) is 6.05. The lowest BCUT2D eigenvalue weighted by Gasteiger charge is -2.16. The Labute approximate surface area is 174 Å². The van der Waals surface area contributed by atoms with Crippen LogP contribution >= 0.6 is 0 Å². The summed E-state index contributed by atoms with van der Waals surface area (Å²) >= 11 is 0. The van der Waals surface area contributed by atoms with E-state index in [1.165, 1.54) is 94.8 Å². The van der Waals surface area contributed by atoms with Crippen LogP contribution in [0.5, 0.6) is 0 Å². The molecular weight excluding hydrogens is 374 g/mol. The molecule has 0 unspecified atom stereocenters. The molecule has 0 aliphatic rings. The van der Waals surface area contributed by atoms with E-state index in [4.69, 9.17) is 4.55 Å². The molecule has 0 saturated heterocycles. The monoisotopic (exact) mass is 419 g/mol. The highest BCUT2D eigenvalue weighted by molar-refractivity contribution is 7.85. The number of carbonyl (C=O) groups excluding carboxylic acids is 1. The molecular formula is C22H45NO4S. The average molecular weight is 420 g/mol. The van der Waals surface area contributed by atoms with Crippen LogP contribution in [0.2, 0.25) is 0 Å². The Balaban J connectivity index is 3.30. The topological polar surface area (TPSA) is 74.7 Å². The Kier molecular flexibility index (Phi) is 18.0. The van der Waals surface area contributed by atoms with Crippen molar-refractivity contribution >= 4 is 16.0 Å². The van der Waals surface area contributed by atoms with Crippen LogP contribution in [0, 0.1) is 0 Å². The number of rotatable bonds is 20. The molecule has 0 aromatic heterocycles. The van der Waals surface area contributed by atoms with Crippen LogP contribution in [0.15, 0.2) is 0 Å². The zero-order valence-corrected chi connectivity index (χ0v) is 19.3. The summed E-state index contributed by atoms with van der Waals surface area (Å²) in [7, 11) is -2.42. The van der Waals surface area contributed by atoms with Crippen molar-refractivity contribution in [3.8, 4) is 0 Å². The Morgan fingerprint density at radius 1 is 0.714 bits per heavy atom. The molecule has 168 valence electrons. The first-order valence-corrected chi connectivity index (χ1v) is 13.2. The number of nitrogens with zero attached hydrogens (tertiary/aromatic N) is 1. The second kappa shape index (κ2) is 18.4. The molecule has 1 N–H and O–H groups in total. The molecule has 1 amide bonds. The fourth-order valence-corrected chi connectivity index (χ4v) is 3.90. The van der Waals surface area contributed by atoms with Gasteiger partial charge in [0.25, 0.3) is 10.1 Å². The zero-order valence-electron chi connectivity index (χ0n) is 18.5. The van der Waals surface area contributed by atoms with E-state index < -0.39 is 15.9 Å². The lowest BCUT2D eigenvalue weighted by Crippen LogP contribution is -2.31. The quantitative estimate of drug-likeness (QED) is 0.194. The SMILES string of the molecule is CCCCCCCCCCCCCCCCCCC(=O)N(C)CCS(=O)(=O)O. The maximum absolute atomic E-state index is 11.9. The van der Waals surface area contributed by atoms with Gasteiger partial charge in [-0.3, -0.25) is 9.35 Å². The number of hydrogen-bond acceptors (Lipinski definition) is 3. The molecule has 28 heavy (non-hydrogen) atoms. The zero-order chi connectivity index (χ0) is 21.1. The molecule has 0 heterocycles. The predicted octanol–water partition coefficient (Wildman–Crippen LogP) is 5.98. The maximum Gasteiger partial charge on any atom is 0.266 e. The van der Waals surface area contributed by atoms with Gasteiger partial charge in [-0.15, -0.1) is 0 Å². The number of unbranched alkanes of at least 4 members (excludes halogenated alkanes) is 15. The van der Waals surface area contributed by atoms with Crippen LogP contribution in [-0.4, -0.2) is 43.1 Å². The molecule has 0 spiro atoms. The van der Waals surface area contributed by atoms with Crippen molar-refractivity contribution in [2.75, 3.05) is 19.3 Å². The highest BCUT2D eigenvalue weighted by Crippen LogP contribution is 2.14. The first-order valence-electron chi connectivity index (χ1n) is 11.6. The van der Waals surface area contributed by atoms with E-state index in [9.17, 15) is 13.2 Å². The molecule has 6 heteroatoms. The van der Waals surface area contributed by atoms with Crippen molar-refractivity contribution in [2.45, 2.75) is 116 Å². The summed E-state index contributed by atoms with van der Waals surface area (Å²) in [6, 6.07) is 0. The Bertz CT molecular complexity index is 465. The minimum Gasteiger partial charge on any atom is -0.345 e. The highest BCUT2D eigenvalue weighted by Gasteiger charge is 2.12. The summed E-state index contributed by atoms with van der Waals surface area (Å²) in [5.74, 6) is -0.442. The fourth-order valence-electron chi connectivity index (χ4n) is 3.39. The normalized spacial score (nSPS) is 11.7. The molecule has 0 aromatic rings. The van der Waals surface area contributed by atoms with Crippen molar-refractivity contribution in [1.82, 2.24) is 4.90 Å². The van der Waals surface area contributed by atoms with Gasteiger partial charge in [-0.2, -0.15) is 8.42 Å². The minimum atomic E-state index is -4.00. The second-order valence-corrected chi connectivity index (χ2v) is 9.73. The van der Waals surface area contributed by atoms with Crippen LogP contribution in [0.3, 0.4) is 0 Å². The third kappa shape index (κ3) is 20.1. The summed E-state index contributed by atoms with van der Waals surface area (Å²) in [5, 5.41) is 0. The third-order valence-electron chi connectivity index (χ3n) is 5.35. The van der Waals surface area contributed by atoms with E-state index in [1.807, 2.05) is 0 Å². The van der Waals surface area contributed by atoms with Crippen LogP contribution in [0.1, 0.15) is 116 Å². The number of hydrogen-bond donors (Lipinski definition) is 1. The van der Waals surface area contributed by atoms with Crippen molar-refractivity contribution in [3.05, 3.63) is 0 Å². The van der Waals surface area contributed by atoms with Crippen LogP contribution in [-0.2, 0) is 14.9 Å². The molecule has 0 atom stereocenters. The van der Waals surface area contributed by atoms with Gasteiger partial charge in [-0.25, -0.2) is 0 Å². The van der Waals surface area contributed by atoms with Crippen molar-refractivity contribution in [1.29, 1.82) is 0 Å². The van der Waals surface area contributed by atoms with Gasteiger partial charge in [0.05, 0.1) is 5.75 Å². The van der Waals surface area contributed by atoms with Gasteiger partial charge in [-0.1, -0.05) is 103 Å². The summed E-state index contributed by atoms with van der Waals surface area (Å²) in [6.45, 7) is 2.32. The lowest BCUT2D eigenvalue weighted by molar-refractivity contribution is -0.129. The number of amides is 1. The first kappa shape index (κ1) is 27.4. The van der Waals surface area contributed by atoms with Crippen LogP contribution in [0.4, 0.5) is 0 Å². The summed E-state index contributed by atoms with van der Waals surface area (Å²) < 4.78 is 30.1. The predicted molar refractivity (Wildman–Crippen MR) is 118 cm³/mol. The highest BCUT2D eigenvalue weighted by atomic mass is 32.2. The smallest absolute Gasteiger partial charge is 0.266 e. The Morgan fingerprint density at radius 3 is 1.43 bits per heavy atom. The molecule has 5 nitrogen and oxygen atoms in total. The van der Waals surface area contributed by atoms with Gasteiger partial charge < -0.3 is 4.90 Å². The fraction of sp³-hybridized carbons (Fsp3) is 0.955. The van der Waals surface area contributed by atoms with Crippen molar-refractivity contribution < 1.29 is 17.8 Å². The average Bonchev–Trinajstić information content (AvgIpc) is 2.65. The van der Waals surface area contributed by atoms with E-state index >= 15 is 0 Å². The van der Waals surface area contributed by atoms with E-state index in [-0.39, 0.29) is 12.5 Å². The van der Waals surface area contributed by atoms with Gasteiger partial charge in [-0.05, 0) is 6.42 Å². The minimum absolute atomic E-state index is 0.0472. The molecule has 0 bridgehead atoms. The van der Waals surface area contributed by atoms with Crippen molar-refractivity contribution in [3.63, 3.8) is 0 Å². The molecule has 0 aliphatic carbocycles. The van der Waals surface area contributed by atoms with E-state index in [2.05, 4.69) is 6.92 Å². The maximum atomic E-state index is 11.9. The molecule has 0 rings (SSSR count).